The number of hydrazone groups is 1. The van der Waals surface area contributed by atoms with E-state index in [1.807, 2.05) is 30.3 Å². The number of nitrogens with one attached hydrogen (secondary N) is 1. The SMILES string of the molecule is COC(=O)C1=NNC(C(=O)OC(C)(C)C)C1c1ccccc1. The predicted octanol–water partition coefficient (Wildman–Crippen LogP) is 1.61. The van der Waals surface area contributed by atoms with Crippen molar-refractivity contribution in [3.05, 3.63) is 35.9 Å². The zero-order valence-corrected chi connectivity index (χ0v) is 13.1. The van der Waals surface area contributed by atoms with Crippen LogP contribution in [0.2, 0.25) is 0 Å². The van der Waals surface area contributed by atoms with Crippen LogP contribution in [0.1, 0.15) is 32.3 Å². The molecule has 2 atom stereocenters. The van der Waals surface area contributed by atoms with Crippen LogP contribution in [-0.2, 0) is 19.1 Å². The molecule has 1 N–H and O–H groups in total. The van der Waals surface area contributed by atoms with Gasteiger partial charge in [0.05, 0.1) is 13.0 Å². The molecule has 6 nitrogen and oxygen atoms in total. The summed E-state index contributed by atoms with van der Waals surface area (Å²) in [6.45, 7) is 5.37. The van der Waals surface area contributed by atoms with Crippen molar-refractivity contribution in [3.63, 3.8) is 0 Å². The minimum absolute atomic E-state index is 0.171. The number of nitrogens with zero attached hydrogens (tertiary/aromatic N) is 1. The summed E-state index contributed by atoms with van der Waals surface area (Å²) in [5.74, 6) is -1.56. The first-order valence-corrected chi connectivity index (χ1v) is 7.02. The summed E-state index contributed by atoms with van der Waals surface area (Å²) in [7, 11) is 1.29. The lowest BCUT2D eigenvalue weighted by atomic mass is 9.88. The van der Waals surface area contributed by atoms with E-state index in [1.54, 1.807) is 20.8 Å². The van der Waals surface area contributed by atoms with Crippen molar-refractivity contribution in [2.45, 2.75) is 38.3 Å². The molecule has 118 valence electrons. The van der Waals surface area contributed by atoms with Gasteiger partial charge in [0, 0.05) is 0 Å². The third-order valence-corrected chi connectivity index (χ3v) is 3.17. The second-order valence-corrected chi connectivity index (χ2v) is 6.02. The smallest absolute Gasteiger partial charge is 0.354 e. The molecule has 0 aliphatic carbocycles. The maximum atomic E-state index is 12.4. The number of ether oxygens (including phenoxy) is 2. The molecule has 0 saturated carbocycles. The Hall–Kier alpha value is -2.37. The second-order valence-electron chi connectivity index (χ2n) is 6.02. The van der Waals surface area contributed by atoms with Crippen LogP contribution in [0.5, 0.6) is 0 Å². The average molecular weight is 304 g/mol. The highest BCUT2D eigenvalue weighted by molar-refractivity contribution is 6.39. The molecule has 6 heteroatoms. The third-order valence-electron chi connectivity index (χ3n) is 3.17. The van der Waals surface area contributed by atoms with E-state index in [0.29, 0.717) is 0 Å². The third kappa shape index (κ3) is 3.44. The van der Waals surface area contributed by atoms with E-state index < -0.39 is 29.5 Å². The minimum Gasteiger partial charge on any atom is -0.464 e. The second kappa shape index (κ2) is 6.17. The van der Waals surface area contributed by atoms with E-state index in [1.165, 1.54) is 7.11 Å². The summed E-state index contributed by atoms with van der Waals surface area (Å²) in [5, 5.41) is 3.99. The van der Waals surface area contributed by atoms with Gasteiger partial charge in [0.15, 0.2) is 11.8 Å². The molecular weight excluding hydrogens is 284 g/mol. The van der Waals surface area contributed by atoms with Gasteiger partial charge in [0.25, 0.3) is 0 Å². The Bertz CT molecular complexity index is 590. The quantitative estimate of drug-likeness (QED) is 0.859. The van der Waals surface area contributed by atoms with Gasteiger partial charge in [0.1, 0.15) is 5.60 Å². The molecule has 2 rings (SSSR count). The number of rotatable bonds is 3. The van der Waals surface area contributed by atoms with Gasteiger partial charge < -0.3 is 9.47 Å². The van der Waals surface area contributed by atoms with Gasteiger partial charge in [-0.2, -0.15) is 5.10 Å². The van der Waals surface area contributed by atoms with Crippen LogP contribution in [0.4, 0.5) is 0 Å². The lowest BCUT2D eigenvalue weighted by Gasteiger charge is -2.25. The van der Waals surface area contributed by atoms with Crippen LogP contribution in [0, 0.1) is 0 Å². The monoisotopic (exact) mass is 304 g/mol. The van der Waals surface area contributed by atoms with Crippen molar-refractivity contribution in [2.24, 2.45) is 5.10 Å². The van der Waals surface area contributed by atoms with Crippen molar-refractivity contribution in [2.75, 3.05) is 7.11 Å². The Morgan fingerprint density at radius 1 is 1.18 bits per heavy atom. The Labute approximate surface area is 129 Å². The number of hydrogen-bond donors (Lipinski definition) is 1. The molecule has 0 amide bonds. The number of benzene rings is 1. The van der Waals surface area contributed by atoms with Gasteiger partial charge in [-0.25, -0.2) is 9.59 Å². The van der Waals surface area contributed by atoms with Gasteiger partial charge in [-0.1, -0.05) is 30.3 Å². The lowest BCUT2D eigenvalue weighted by molar-refractivity contribution is -0.157. The predicted molar refractivity (Wildman–Crippen MR) is 81.4 cm³/mol. The van der Waals surface area contributed by atoms with Crippen molar-refractivity contribution >= 4 is 17.7 Å². The van der Waals surface area contributed by atoms with Crippen molar-refractivity contribution in [1.29, 1.82) is 0 Å². The molecule has 0 bridgehead atoms. The van der Waals surface area contributed by atoms with E-state index in [0.717, 1.165) is 5.56 Å². The van der Waals surface area contributed by atoms with Crippen LogP contribution >= 0.6 is 0 Å². The van der Waals surface area contributed by atoms with Gasteiger partial charge in [-0.3, -0.25) is 5.43 Å². The fourth-order valence-corrected chi connectivity index (χ4v) is 2.28. The first-order chi connectivity index (χ1) is 10.3. The fourth-order valence-electron chi connectivity index (χ4n) is 2.28. The number of carbonyl (C=O) groups excluding carboxylic acids is 2. The van der Waals surface area contributed by atoms with Crippen LogP contribution in [0.3, 0.4) is 0 Å². The van der Waals surface area contributed by atoms with Crippen LogP contribution in [0.25, 0.3) is 0 Å². The molecular formula is C16H20N2O4. The molecule has 0 fully saturated rings. The van der Waals surface area contributed by atoms with Crippen LogP contribution in [0.15, 0.2) is 35.4 Å². The van der Waals surface area contributed by atoms with Gasteiger partial charge in [-0.05, 0) is 26.3 Å². The number of hydrogen-bond acceptors (Lipinski definition) is 6. The Morgan fingerprint density at radius 3 is 2.36 bits per heavy atom. The van der Waals surface area contributed by atoms with Crippen molar-refractivity contribution < 1.29 is 19.1 Å². The Kier molecular flexibility index (Phi) is 4.49. The molecule has 0 saturated heterocycles. The number of methoxy groups -OCH3 is 1. The van der Waals surface area contributed by atoms with Crippen molar-refractivity contribution in [3.8, 4) is 0 Å². The topological polar surface area (TPSA) is 77.0 Å². The lowest BCUT2D eigenvalue weighted by Crippen LogP contribution is -2.41. The van der Waals surface area contributed by atoms with Crippen LogP contribution in [-0.4, -0.2) is 36.4 Å². The summed E-state index contributed by atoms with van der Waals surface area (Å²) in [5.41, 5.74) is 3.06. The maximum absolute atomic E-state index is 12.4. The molecule has 0 spiro atoms. The highest BCUT2D eigenvalue weighted by Crippen LogP contribution is 2.28. The molecule has 1 heterocycles. The van der Waals surface area contributed by atoms with Gasteiger partial charge in [0.2, 0.25) is 0 Å². The first kappa shape index (κ1) is 16.0. The Morgan fingerprint density at radius 2 is 1.82 bits per heavy atom. The van der Waals surface area contributed by atoms with E-state index in [9.17, 15) is 9.59 Å². The van der Waals surface area contributed by atoms with Gasteiger partial charge in [-0.15, -0.1) is 0 Å². The zero-order chi connectivity index (χ0) is 16.3. The summed E-state index contributed by atoms with van der Waals surface area (Å²) < 4.78 is 10.2. The molecule has 1 aromatic carbocycles. The minimum atomic E-state index is -0.754. The highest BCUT2D eigenvalue weighted by atomic mass is 16.6. The molecule has 1 aromatic rings. The first-order valence-electron chi connectivity index (χ1n) is 7.02. The van der Waals surface area contributed by atoms with E-state index in [-0.39, 0.29) is 5.71 Å². The normalized spacial score (nSPS) is 20.8. The fraction of sp³-hybridized carbons (Fsp3) is 0.438. The number of carbonyl (C=O) groups is 2. The molecule has 22 heavy (non-hydrogen) atoms. The largest absolute Gasteiger partial charge is 0.464 e. The van der Waals surface area contributed by atoms with E-state index >= 15 is 0 Å². The Balaban J connectivity index is 2.32. The van der Waals surface area contributed by atoms with E-state index in [2.05, 4.69) is 10.5 Å². The standard InChI is InChI=1S/C16H20N2O4/c1-16(2,3)22-15(20)13-11(10-8-6-5-7-9-10)12(17-18-13)14(19)21-4/h5-9,11,13,18H,1-4H3. The average Bonchev–Trinajstić information content (AvgIpc) is 2.90. The van der Waals surface area contributed by atoms with E-state index in [4.69, 9.17) is 9.47 Å². The van der Waals surface area contributed by atoms with Crippen LogP contribution < -0.4 is 5.43 Å². The zero-order valence-electron chi connectivity index (χ0n) is 13.1. The summed E-state index contributed by atoms with van der Waals surface area (Å²) in [6.07, 6.45) is 0. The van der Waals surface area contributed by atoms with Crippen molar-refractivity contribution in [1.82, 2.24) is 5.43 Å². The van der Waals surface area contributed by atoms with Gasteiger partial charge >= 0.3 is 11.9 Å². The maximum Gasteiger partial charge on any atom is 0.354 e. The number of esters is 2. The summed E-state index contributed by atoms with van der Waals surface area (Å²) in [4.78, 5) is 24.3. The molecule has 0 aromatic heterocycles. The summed E-state index contributed by atoms with van der Waals surface area (Å²) in [6, 6.07) is 8.48. The molecule has 1 aliphatic rings. The molecule has 0 radical (unpaired) electrons. The summed E-state index contributed by atoms with van der Waals surface area (Å²) >= 11 is 0. The highest BCUT2D eigenvalue weighted by Gasteiger charge is 2.43. The molecule has 1 aliphatic heterocycles. The molecule has 2 unspecified atom stereocenters.